The fourth-order valence-corrected chi connectivity index (χ4v) is 3.36. The van der Waals surface area contributed by atoms with Crippen LogP contribution >= 0.6 is 0 Å². The third-order valence-corrected chi connectivity index (χ3v) is 4.51. The number of β-amino-alcohol motifs (C(OH)–C–C–N with tert-alkyl or cyclic N) is 1. The smallest absolute Gasteiger partial charge is 0.147 e. The number of rotatable bonds is 7. The van der Waals surface area contributed by atoms with Crippen molar-refractivity contribution in [2.45, 2.75) is 39.1 Å². The van der Waals surface area contributed by atoms with E-state index in [1.807, 2.05) is 18.2 Å². The van der Waals surface area contributed by atoms with E-state index >= 15 is 0 Å². The van der Waals surface area contributed by atoms with Crippen molar-refractivity contribution >= 4 is 0 Å². The van der Waals surface area contributed by atoms with Crippen molar-refractivity contribution in [2.24, 2.45) is 0 Å². The molecular formula is C18H27N5O. The third kappa shape index (κ3) is 4.20. The molecule has 1 aromatic carbocycles. The lowest BCUT2D eigenvalue weighted by atomic mass is 10.2. The molecular weight excluding hydrogens is 302 g/mol. The van der Waals surface area contributed by atoms with Crippen LogP contribution in [0.1, 0.15) is 24.1 Å². The molecule has 6 heteroatoms. The van der Waals surface area contributed by atoms with Gasteiger partial charge >= 0.3 is 0 Å². The summed E-state index contributed by atoms with van der Waals surface area (Å²) in [6, 6.07) is 10.4. The molecule has 130 valence electrons. The van der Waals surface area contributed by atoms with E-state index < -0.39 is 0 Å². The van der Waals surface area contributed by atoms with Crippen LogP contribution in [0.15, 0.2) is 30.3 Å². The van der Waals surface area contributed by atoms with E-state index in [0.717, 1.165) is 44.2 Å². The van der Waals surface area contributed by atoms with Crippen LogP contribution in [0.2, 0.25) is 0 Å². The van der Waals surface area contributed by atoms with E-state index in [2.05, 4.69) is 50.7 Å². The Balaban J connectivity index is 1.47. The van der Waals surface area contributed by atoms with Gasteiger partial charge in [0.25, 0.3) is 0 Å². The second-order valence-corrected chi connectivity index (χ2v) is 6.61. The highest BCUT2D eigenvalue weighted by molar-refractivity contribution is 5.14. The number of aryl methyl sites for hydroxylation is 1. The van der Waals surface area contributed by atoms with Crippen LogP contribution in [0.5, 0.6) is 0 Å². The van der Waals surface area contributed by atoms with Crippen LogP contribution in [0, 0.1) is 0 Å². The summed E-state index contributed by atoms with van der Waals surface area (Å²) in [4.78, 5) is 4.44. The lowest BCUT2D eigenvalue weighted by Crippen LogP contribution is -2.42. The second-order valence-electron chi connectivity index (χ2n) is 6.61. The summed E-state index contributed by atoms with van der Waals surface area (Å²) in [6.07, 6.45) is 0.554. The molecule has 1 atom stereocenters. The molecule has 1 unspecified atom stereocenters. The van der Waals surface area contributed by atoms with Gasteiger partial charge in [0.2, 0.25) is 0 Å². The first-order valence-corrected chi connectivity index (χ1v) is 8.69. The van der Waals surface area contributed by atoms with Crippen molar-refractivity contribution < 1.29 is 5.11 Å². The Morgan fingerprint density at radius 1 is 1.21 bits per heavy atom. The van der Waals surface area contributed by atoms with E-state index in [-0.39, 0.29) is 6.10 Å². The Morgan fingerprint density at radius 2 is 2.00 bits per heavy atom. The summed E-state index contributed by atoms with van der Waals surface area (Å²) < 4.78 is 2.21. The van der Waals surface area contributed by atoms with Crippen molar-refractivity contribution in [2.75, 3.05) is 26.7 Å². The monoisotopic (exact) mass is 329 g/mol. The van der Waals surface area contributed by atoms with Gasteiger partial charge in [0.05, 0.1) is 12.6 Å². The molecule has 3 rings (SSSR count). The summed E-state index contributed by atoms with van der Waals surface area (Å²) in [5, 5.41) is 18.9. The molecule has 1 aliphatic heterocycles. The van der Waals surface area contributed by atoms with Crippen LogP contribution in [0.25, 0.3) is 0 Å². The first kappa shape index (κ1) is 17.1. The predicted molar refractivity (Wildman–Crippen MR) is 93.5 cm³/mol. The first-order chi connectivity index (χ1) is 11.7. The molecule has 0 saturated carbocycles. The number of hydrogen-bond donors (Lipinski definition) is 1. The SMILES string of the molecule is CCc1nnc2n1CCN(CC(O)CN(C)Cc1ccccc1)C2. The van der Waals surface area contributed by atoms with Gasteiger partial charge in [-0.25, -0.2) is 0 Å². The lowest BCUT2D eigenvalue weighted by molar-refractivity contribution is 0.0686. The highest BCUT2D eigenvalue weighted by Gasteiger charge is 2.22. The molecule has 1 aliphatic rings. The number of aliphatic hydroxyl groups is 1. The highest BCUT2D eigenvalue weighted by atomic mass is 16.3. The summed E-state index contributed by atoms with van der Waals surface area (Å²) in [5.41, 5.74) is 1.27. The summed E-state index contributed by atoms with van der Waals surface area (Å²) in [7, 11) is 2.05. The number of hydrogen-bond acceptors (Lipinski definition) is 5. The molecule has 0 saturated heterocycles. The highest BCUT2D eigenvalue weighted by Crippen LogP contribution is 2.13. The van der Waals surface area contributed by atoms with Crippen molar-refractivity contribution in [1.29, 1.82) is 0 Å². The molecule has 0 spiro atoms. The van der Waals surface area contributed by atoms with Gasteiger partial charge in [0.15, 0.2) is 0 Å². The zero-order chi connectivity index (χ0) is 16.9. The molecule has 0 amide bonds. The maximum atomic E-state index is 10.4. The second kappa shape index (κ2) is 7.88. The van der Waals surface area contributed by atoms with E-state index in [0.29, 0.717) is 13.1 Å². The molecule has 0 aliphatic carbocycles. The summed E-state index contributed by atoms with van der Waals surface area (Å²) in [5.74, 6) is 2.08. The van der Waals surface area contributed by atoms with Gasteiger partial charge in [-0.1, -0.05) is 37.3 Å². The first-order valence-electron chi connectivity index (χ1n) is 8.69. The summed E-state index contributed by atoms with van der Waals surface area (Å²) >= 11 is 0. The van der Waals surface area contributed by atoms with Crippen LogP contribution in [-0.2, 0) is 26.1 Å². The third-order valence-electron chi connectivity index (χ3n) is 4.51. The minimum atomic E-state index is -0.362. The van der Waals surface area contributed by atoms with Gasteiger partial charge in [-0.3, -0.25) is 9.80 Å². The van der Waals surface area contributed by atoms with Crippen molar-refractivity contribution in [3.05, 3.63) is 47.5 Å². The molecule has 0 radical (unpaired) electrons. The Hall–Kier alpha value is -1.76. The molecule has 6 nitrogen and oxygen atoms in total. The quantitative estimate of drug-likeness (QED) is 0.826. The Labute approximate surface area is 143 Å². The molecule has 24 heavy (non-hydrogen) atoms. The van der Waals surface area contributed by atoms with Gasteiger partial charge in [-0.15, -0.1) is 10.2 Å². The Morgan fingerprint density at radius 3 is 2.75 bits per heavy atom. The normalized spacial score (nSPS) is 16.3. The maximum Gasteiger partial charge on any atom is 0.147 e. The minimum Gasteiger partial charge on any atom is -0.390 e. The van der Waals surface area contributed by atoms with Gasteiger partial charge in [0, 0.05) is 39.1 Å². The average molecular weight is 329 g/mol. The predicted octanol–water partition coefficient (Wildman–Crippen LogP) is 1.15. The number of benzene rings is 1. The number of likely N-dealkylation sites (N-methyl/N-ethyl adjacent to an activating group) is 1. The van der Waals surface area contributed by atoms with Crippen molar-refractivity contribution in [3.63, 3.8) is 0 Å². The lowest BCUT2D eigenvalue weighted by Gasteiger charge is -2.30. The van der Waals surface area contributed by atoms with E-state index in [1.165, 1.54) is 5.56 Å². The van der Waals surface area contributed by atoms with Crippen molar-refractivity contribution in [3.8, 4) is 0 Å². The molecule has 0 fully saturated rings. The topological polar surface area (TPSA) is 57.4 Å². The standard InChI is InChI=1S/C18H27N5O/c1-3-17-19-20-18-14-22(9-10-23(17)18)13-16(24)12-21(2)11-15-7-5-4-6-8-15/h4-8,16,24H,3,9-14H2,1-2H3. The number of nitrogens with zero attached hydrogens (tertiary/aromatic N) is 5. The van der Waals surface area contributed by atoms with Crippen LogP contribution < -0.4 is 0 Å². The average Bonchev–Trinajstić information content (AvgIpc) is 2.97. The molecule has 2 heterocycles. The van der Waals surface area contributed by atoms with Crippen LogP contribution in [0.3, 0.4) is 0 Å². The van der Waals surface area contributed by atoms with Crippen molar-refractivity contribution in [1.82, 2.24) is 24.6 Å². The van der Waals surface area contributed by atoms with E-state index in [1.54, 1.807) is 0 Å². The van der Waals surface area contributed by atoms with E-state index in [4.69, 9.17) is 0 Å². The van der Waals surface area contributed by atoms with Gasteiger partial charge in [0.1, 0.15) is 11.6 Å². The zero-order valence-corrected chi connectivity index (χ0v) is 14.6. The largest absolute Gasteiger partial charge is 0.390 e. The molecule has 0 bridgehead atoms. The van der Waals surface area contributed by atoms with Crippen LogP contribution in [-0.4, -0.2) is 62.5 Å². The fraction of sp³-hybridized carbons (Fsp3) is 0.556. The Bertz CT molecular complexity index is 642. The molecule has 2 aromatic rings. The van der Waals surface area contributed by atoms with Crippen LogP contribution in [0.4, 0.5) is 0 Å². The minimum absolute atomic E-state index is 0.362. The van der Waals surface area contributed by atoms with Gasteiger partial charge in [-0.2, -0.15) is 0 Å². The Kier molecular flexibility index (Phi) is 5.60. The number of fused-ring (bicyclic) bond motifs is 1. The molecule has 1 aromatic heterocycles. The number of aromatic nitrogens is 3. The van der Waals surface area contributed by atoms with Gasteiger partial charge in [-0.05, 0) is 12.6 Å². The maximum absolute atomic E-state index is 10.4. The summed E-state index contributed by atoms with van der Waals surface area (Å²) in [6.45, 7) is 6.93. The fourth-order valence-electron chi connectivity index (χ4n) is 3.36. The van der Waals surface area contributed by atoms with Gasteiger partial charge < -0.3 is 9.67 Å². The zero-order valence-electron chi connectivity index (χ0n) is 14.6. The number of aliphatic hydroxyl groups excluding tert-OH is 1. The molecule has 1 N–H and O–H groups in total. The van der Waals surface area contributed by atoms with E-state index in [9.17, 15) is 5.11 Å².